The van der Waals surface area contributed by atoms with Gasteiger partial charge in [-0.05, 0) is 74.6 Å². The zero-order valence-corrected chi connectivity index (χ0v) is 16.8. The van der Waals surface area contributed by atoms with Gasteiger partial charge in [0.05, 0.1) is 11.0 Å². The molecule has 0 unspecified atom stereocenters. The van der Waals surface area contributed by atoms with Crippen molar-refractivity contribution in [2.45, 2.75) is 39.5 Å². The highest BCUT2D eigenvalue weighted by Gasteiger charge is 2.26. The van der Waals surface area contributed by atoms with Crippen LogP contribution < -0.4 is 4.74 Å². The molecule has 1 amide bonds. The summed E-state index contributed by atoms with van der Waals surface area (Å²) in [6.45, 7) is 7.79. The Balaban J connectivity index is 1.32. The number of aryl methyl sites for hydroxylation is 3. The molecule has 0 saturated carbocycles. The maximum Gasteiger partial charge on any atom is 0.260 e. The zero-order valence-electron chi connectivity index (χ0n) is 16.8. The standard InChI is InChI=1S/C23H27N3O2/c1-15-4-7-20-21(12-15)25-23(24-20)18-8-10-26(11-9-18)22(27)14-28-19-6-5-16(2)17(3)13-19/h4-7,12-13,18H,8-11,14H2,1-3H3,(H,24,25). The van der Waals surface area contributed by atoms with E-state index >= 15 is 0 Å². The lowest BCUT2D eigenvalue weighted by atomic mass is 9.96. The van der Waals surface area contributed by atoms with Crippen molar-refractivity contribution in [2.75, 3.05) is 19.7 Å². The Hall–Kier alpha value is -2.82. The van der Waals surface area contributed by atoms with Crippen LogP contribution in [0.4, 0.5) is 0 Å². The summed E-state index contributed by atoms with van der Waals surface area (Å²) in [5.41, 5.74) is 5.73. The third-order valence-electron chi connectivity index (χ3n) is 5.73. The van der Waals surface area contributed by atoms with Gasteiger partial charge in [-0.1, -0.05) is 12.1 Å². The Labute approximate surface area is 165 Å². The van der Waals surface area contributed by atoms with Crippen molar-refractivity contribution in [1.29, 1.82) is 0 Å². The number of imidazole rings is 1. The Morgan fingerprint density at radius 3 is 2.64 bits per heavy atom. The number of carbonyl (C=O) groups excluding carboxylic acids is 1. The van der Waals surface area contributed by atoms with Crippen molar-refractivity contribution in [3.05, 3.63) is 58.9 Å². The van der Waals surface area contributed by atoms with Gasteiger partial charge in [0.2, 0.25) is 0 Å². The SMILES string of the molecule is Cc1ccc2nc(C3CCN(C(=O)COc4ccc(C)c(C)c4)CC3)[nH]c2c1. The molecule has 1 saturated heterocycles. The summed E-state index contributed by atoms with van der Waals surface area (Å²) >= 11 is 0. The first kappa shape index (κ1) is 18.5. The second-order valence-electron chi connectivity index (χ2n) is 7.83. The minimum absolute atomic E-state index is 0.0527. The van der Waals surface area contributed by atoms with Crippen LogP contribution in [0.1, 0.15) is 41.3 Å². The number of fused-ring (bicyclic) bond motifs is 1. The maximum absolute atomic E-state index is 12.5. The van der Waals surface area contributed by atoms with Gasteiger partial charge in [-0.2, -0.15) is 0 Å². The predicted molar refractivity (Wildman–Crippen MR) is 111 cm³/mol. The number of piperidine rings is 1. The van der Waals surface area contributed by atoms with Crippen LogP contribution in [-0.2, 0) is 4.79 Å². The van der Waals surface area contributed by atoms with Gasteiger partial charge in [0.1, 0.15) is 11.6 Å². The van der Waals surface area contributed by atoms with Crippen molar-refractivity contribution < 1.29 is 9.53 Å². The highest BCUT2D eigenvalue weighted by atomic mass is 16.5. The average molecular weight is 377 g/mol. The molecule has 1 aliphatic heterocycles. The van der Waals surface area contributed by atoms with Gasteiger partial charge >= 0.3 is 0 Å². The quantitative estimate of drug-likeness (QED) is 0.738. The average Bonchev–Trinajstić information content (AvgIpc) is 3.12. The molecule has 1 aliphatic rings. The van der Waals surface area contributed by atoms with Crippen molar-refractivity contribution >= 4 is 16.9 Å². The molecular weight excluding hydrogens is 350 g/mol. The first-order valence-electron chi connectivity index (χ1n) is 9.93. The van der Waals surface area contributed by atoms with Gasteiger partial charge in [0.15, 0.2) is 6.61 Å². The number of ether oxygens (including phenoxy) is 1. The Bertz CT molecular complexity index is 1000. The summed E-state index contributed by atoms with van der Waals surface area (Å²) in [6, 6.07) is 12.2. The number of hydrogen-bond acceptors (Lipinski definition) is 3. The zero-order chi connectivity index (χ0) is 19.7. The number of amides is 1. The maximum atomic E-state index is 12.5. The molecule has 0 bridgehead atoms. The monoisotopic (exact) mass is 377 g/mol. The molecule has 1 fully saturated rings. The fourth-order valence-electron chi connectivity index (χ4n) is 3.78. The van der Waals surface area contributed by atoms with Gasteiger partial charge in [0.25, 0.3) is 5.91 Å². The summed E-state index contributed by atoms with van der Waals surface area (Å²) in [4.78, 5) is 22.7. The minimum atomic E-state index is 0.0527. The number of hydrogen-bond donors (Lipinski definition) is 1. The van der Waals surface area contributed by atoms with Gasteiger partial charge in [0, 0.05) is 19.0 Å². The molecule has 3 aromatic rings. The van der Waals surface area contributed by atoms with E-state index in [1.807, 2.05) is 30.0 Å². The lowest BCUT2D eigenvalue weighted by molar-refractivity contribution is -0.134. The van der Waals surface area contributed by atoms with E-state index in [0.29, 0.717) is 5.92 Å². The Morgan fingerprint density at radius 1 is 1.11 bits per heavy atom. The van der Waals surface area contributed by atoms with Crippen molar-refractivity contribution in [3.63, 3.8) is 0 Å². The summed E-state index contributed by atoms with van der Waals surface area (Å²) in [6.07, 6.45) is 1.85. The second kappa shape index (κ2) is 7.66. The Kier molecular flexibility index (Phi) is 5.07. The van der Waals surface area contributed by atoms with Gasteiger partial charge in [-0.15, -0.1) is 0 Å². The molecule has 1 aromatic heterocycles. The van der Waals surface area contributed by atoms with Crippen molar-refractivity contribution in [2.24, 2.45) is 0 Å². The number of aromatic nitrogens is 2. The molecule has 2 aromatic carbocycles. The molecule has 5 nitrogen and oxygen atoms in total. The molecule has 2 heterocycles. The van der Waals surface area contributed by atoms with Crippen LogP contribution >= 0.6 is 0 Å². The Morgan fingerprint density at radius 2 is 1.89 bits per heavy atom. The summed E-state index contributed by atoms with van der Waals surface area (Å²) in [5.74, 6) is 2.22. The van der Waals surface area contributed by atoms with Gasteiger partial charge in [-0.3, -0.25) is 4.79 Å². The highest BCUT2D eigenvalue weighted by Crippen LogP contribution is 2.28. The first-order valence-corrected chi connectivity index (χ1v) is 9.93. The van der Waals surface area contributed by atoms with Crippen LogP contribution in [0.2, 0.25) is 0 Å². The third kappa shape index (κ3) is 3.88. The van der Waals surface area contributed by atoms with E-state index < -0.39 is 0 Å². The lowest BCUT2D eigenvalue weighted by Gasteiger charge is -2.31. The van der Waals surface area contributed by atoms with Crippen molar-refractivity contribution in [1.82, 2.24) is 14.9 Å². The topological polar surface area (TPSA) is 58.2 Å². The molecule has 146 valence electrons. The van der Waals surface area contributed by atoms with Crippen LogP contribution in [0.5, 0.6) is 5.75 Å². The predicted octanol–water partition coefficient (Wildman–Crippen LogP) is 4.27. The molecule has 1 N–H and O–H groups in total. The number of nitrogens with one attached hydrogen (secondary N) is 1. The van der Waals surface area contributed by atoms with E-state index in [9.17, 15) is 4.79 Å². The summed E-state index contributed by atoms with van der Waals surface area (Å²) in [5, 5.41) is 0. The third-order valence-corrected chi connectivity index (χ3v) is 5.73. The first-order chi connectivity index (χ1) is 13.5. The van der Waals surface area contributed by atoms with Gasteiger partial charge < -0.3 is 14.6 Å². The van der Waals surface area contributed by atoms with Crippen LogP contribution in [0.25, 0.3) is 11.0 Å². The molecule has 0 spiro atoms. The molecule has 4 rings (SSSR count). The minimum Gasteiger partial charge on any atom is -0.484 e. The molecule has 0 aliphatic carbocycles. The van der Waals surface area contributed by atoms with Crippen LogP contribution in [0, 0.1) is 20.8 Å². The second-order valence-corrected chi connectivity index (χ2v) is 7.83. The van der Waals surface area contributed by atoms with Crippen molar-refractivity contribution in [3.8, 4) is 5.75 Å². The molecule has 0 atom stereocenters. The van der Waals surface area contributed by atoms with Gasteiger partial charge in [-0.25, -0.2) is 4.98 Å². The van der Waals surface area contributed by atoms with Crippen LogP contribution in [0.15, 0.2) is 36.4 Å². The smallest absolute Gasteiger partial charge is 0.260 e. The van der Waals surface area contributed by atoms with E-state index in [-0.39, 0.29) is 12.5 Å². The lowest BCUT2D eigenvalue weighted by Crippen LogP contribution is -2.40. The number of carbonyl (C=O) groups is 1. The summed E-state index contributed by atoms with van der Waals surface area (Å²) in [7, 11) is 0. The molecule has 5 heteroatoms. The number of H-pyrrole nitrogens is 1. The van der Waals surface area contributed by atoms with E-state index in [1.165, 1.54) is 16.7 Å². The number of nitrogens with zero attached hydrogens (tertiary/aromatic N) is 2. The van der Waals surface area contributed by atoms with E-state index in [0.717, 1.165) is 48.5 Å². The van der Waals surface area contributed by atoms with E-state index in [4.69, 9.17) is 9.72 Å². The number of rotatable bonds is 4. The highest BCUT2D eigenvalue weighted by molar-refractivity contribution is 5.78. The largest absolute Gasteiger partial charge is 0.484 e. The normalized spacial score (nSPS) is 15.2. The number of aromatic amines is 1. The van der Waals surface area contributed by atoms with Crippen LogP contribution in [-0.4, -0.2) is 40.5 Å². The number of likely N-dealkylation sites (tertiary alicyclic amines) is 1. The molecule has 0 radical (unpaired) electrons. The van der Waals surface area contributed by atoms with Crippen LogP contribution in [0.3, 0.4) is 0 Å². The fourth-order valence-corrected chi connectivity index (χ4v) is 3.78. The molecular formula is C23H27N3O2. The molecule has 28 heavy (non-hydrogen) atoms. The van der Waals surface area contributed by atoms with E-state index in [2.05, 4.69) is 37.0 Å². The van der Waals surface area contributed by atoms with E-state index in [1.54, 1.807) is 0 Å². The number of benzene rings is 2. The summed E-state index contributed by atoms with van der Waals surface area (Å²) < 4.78 is 5.71. The fraction of sp³-hybridized carbons (Fsp3) is 0.391.